The Labute approximate surface area is 101 Å². The first-order chi connectivity index (χ1) is 8.22. The molecule has 0 radical (unpaired) electrons. The fourth-order valence-electron chi connectivity index (χ4n) is 1.51. The summed E-state index contributed by atoms with van der Waals surface area (Å²) < 4.78 is 0. The highest BCUT2D eigenvalue weighted by molar-refractivity contribution is 5.61. The molecule has 0 aliphatic carbocycles. The highest BCUT2D eigenvalue weighted by Gasteiger charge is 2.10. The molecule has 2 heterocycles. The molecule has 0 amide bonds. The van der Waals surface area contributed by atoms with Crippen molar-refractivity contribution in [2.24, 2.45) is 5.73 Å². The Hall–Kier alpha value is -1.88. The standard InChI is InChI=1S/C12H17N5/c1-9(5-13)17(2)12-15-7-11(8-16-12)10-3-4-14-6-10/h3-4,6-9,14H,5,13H2,1-2H3. The topological polar surface area (TPSA) is 70.8 Å². The molecule has 5 heteroatoms. The van der Waals surface area contributed by atoms with Gasteiger partial charge in [-0.3, -0.25) is 0 Å². The number of H-pyrrole nitrogens is 1. The zero-order valence-corrected chi connectivity index (χ0v) is 10.1. The molecule has 0 bridgehead atoms. The number of nitrogens with one attached hydrogen (secondary N) is 1. The summed E-state index contributed by atoms with van der Waals surface area (Å²) >= 11 is 0. The molecule has 0 aliphatic rings. The first-order valence-corrected chi connectivity index (χ1v) is 5.60. The summed E-state index contributed by atoms with van der Waals surface area (Å²) in [6.07, 6.45) is 7.45. The Kier molecular flexibility index (Phi) is 3.39. The Morgan fingerprint density at radius 3 is 2.59 bits per heavy atom. The van der Waals surface area contributed by atoms with Gasteiger partial charge in [0.25, 0.3) is 0 Å². The molecule has 90 valence electrons. The molecule has 0 saturated heterocycles. The van der Waals surface area contributed by atoms with Crippen LogP contribution in [0.4, 0.5) is 5.95 Å². The van der Waals surface area contributed by atoms with Gasteiger partial charge in [0.1, 0.15) is 0 Å². The van der Waals surface area contributed by atoms with Gasteiger partial charge in [0, 0.05) is 55.5 Å². The molecule has 17 heavy (non-hydrogen) atoms. The third-order valence-electron chi connectivity index (χ3n) is 2.89. The summed E-state index contributed by atoms with van der Waals surface area (Å²) in [6, 6.07) is 2.22. The normalized spacial score (nSPS) is 12.4. The second kappa shape index (κ2) is 4.97. The van der Waals surface area contributed by atoms with Gasteiger partial charge in [-0.1, -0.05) is 0 Å². The van der Waals surface area contributed by atoms with Gasteiger partial charge < -0.3 is 15.6 Å². The molecule has 5 nitrogen and oxygen atoms in total. The summed E-state index contributed by atoms with van der Waals surface area (Å²) in [7, 11) is 1.95. The molecule has 1 atom stereocenters. The van der Waals surface area contributed by atoms with E-state index in [4.69, 9.17) is 5.73 Å². The van der Waals surface area contributed by atoms with Gasteiger partial charge in [-0.05, 0) is 13.0 Å². The van der Waals surface area contributed by atoms with Gasteiger partial charge in [-0.15, -0.1) is 0 Å². The quantitative estimate of drug-likeness (QED) is 0.831. The second-order valence-electron chi connectivity index (χ2n) is 4.07. The van der Waals surface area contributed by atoms with Gasteiger partial charge in [0.05, 0.1) is 0 Å². The fraction of sp³-hybridized carbons (Fsp3) is 0.333. The highest BCUT2D eigenvalue weighted by Crippen LogP contribution is 2.18. The molecule has 2 aromatic rings. The third-order valence-corrected chi connectivity index (χ3v) is 2.89. The second-order valence-corrected chi connectivity index (χ2v) is 4.07. The number of aromatic amines is 1. The third kappa shape index (κ3) is 2.45. The van der Waals surface area contributed by atoms with Crippen LogP contribution in [0.5, 0.6) is 0 Å². The minimum Gasteiger partial charge on any atom is -0.367 e. The molecule has 0 spiro atoms. The van der Waals surface area contributed by atoms with E-state index in [2.05, 4.69) is 15.0 Å². The van der Waals surface area contributed by atoms with Gasteiger partial charge in [0.15, 0.2) is 0 Å². The lowest BCUT2D eigenvalue weighted by atomic mass is 10.2. The monoisotopic (exact) mass is 231 g/mol. The molecule has 2 rings (SSSR count). The smallest absolute Gasteiger partial charge is 0.225 e. The van der Waals surface area contributed by atoms with Crippen LogP contribution in [0.15, 0.2) is 30.9 Å². The van der Waals surface area contributed by atoms with Crippen LogP contribution in [0.3, 0.4) is 0 Å². The number of aromatic nitrogens is 3. The number of likely N-dealkylation sites (N-methyl/N-ethyl adjacent to an activating group) is 1. The number of nitrogens with zero attached hydrogens (tertiary/aromatic N) is 3. The van der Waals surface area contributed by atoms with E-state index in [1.54, 1.807) is 0 Å². The van der Waals surface area contributed by atoms with Gasteiger partial charge in [0.2, 0.25) is 5.95 Å². The number of anilines is 1. The fourth-order valence-corrected chi connectivity index (χ4v) is 1.51. The zero-order valence-electron chi connectivity index (χ0n) is 10.1. The summed E-state index contributed by atoms with van der Waals surface area (Å²) in [5.41, 5.74) is 7.71. The lowest BCUT2D eigenvalue weighted by Crippen LogP contribution is -2.36. The van der Waals surface area contributed by atoms with Crippen molar-refractivity contribution in [3.05, 3.63) is 30.9 Å². The van der Waals surface area contributed by atoms with Crippen molar-refractivity contribution >= 4 is 5.95 Å². The van der Waals surface area contributed by atoms with E-state index < -0.39 is 0 Å². The van der Waals surface area contributed by atoms with E-state index in [-0.39, 0.29) is 6.04 Å². The molecule has 1 unspecified atom stereocenters. The van der Waals surface area contributed by atoms with Crippen LogP contribution in [0, 0.1) is 0 Å². The molecular weight excluding hydrogens is 214 g/mol. The van der Waals surface area contributed by atoms with Crippen LogP contribution in [-0.2, 0) is 0 Å². The molecule has 0 aromatic carbocycles. The predicted octanol–water partition coefficient (Wildman–Crippen LogP) is 1.26. The number of hydrogen-bond acceptors (Lipinski definition) is 4. The minimum absolute atomic E-state index is 0.230. The van der Waals surface area contributed by atoms with Crippen LogP contribution >= 0.6 is 0 Å². The van der Waals surface area contributed by atoms with Crippen LogP contribution in [0.25, 0.3) is 11.1 Å². The highest BCUT2D eigenvalue weighted by atomic mass is 15.2. The van der Waals surface area contributed by atoms with Crippen molar-refractivity contribution in [3.8, 4) is 11.1 Å². The minimum atomic E-state index is 0.230. The maximum absolute atomic E-state index is 5.62. The molecule has 0 saturated carbocycles. The number of nitrogens with two attached hydrogens (primary N) is 1. The van der Waals surface area contributed by atoms with Crippen molar-refractivity contribution in [2.45, 2.75) is 13.0 Å². The van der Waals surface area contributed by atoms with Crippen LogP contribution in [0.1, 0.15) is 6.92 Å². The van der Waals surface area contributed by atoms with E-state index in [0.29, 0.717) is 12.5 Å². The van der Waals surface area contributed by atoms with E-state index in [0.717, 1.165) is 11.1 Å². The van der Waals surface area contributed by atoms with Crippen LogP contribution in [0.2, 0.25) is 0 Å². The lowest BCUT2D eigenvalue weighted by Gasteiger charge is -2.23. The summed E-state index contributed by atoms with van der Waals surface area (Å²) in [6.45, 7) is 2.63. The van der Waals surface area contributed by atoms with Crippen LogP contribution in [-0.4, -0.2) is 34.6 Å². The van der Waals surface area contributed by atoms with Gasteiger partial charge >= 0.3 is 0 Å². The SMILES string of the molecule is CC(CN)N(C)c1ncc(-c2cc[nH]c2)cn1. The Morgan fingerprint density at radius 2 is 2.06 bits per heavy atom. The van der Waals surface area contributed by atoms with Gasteiger partial charge in [-0.25, -0.2) is 9.97 Å². The predicted molar refractivity (Wildman–Crippen MR) is 68.7 cm³/mol. The van der Waals surface area contributed by atoms with Gasteiger partial charge in [-0.2, -0.15) is 0 Å². The van der Waals surface area contributed by atoms with E-state index in [1.807, 2.05) is 49.7 Å². The first kappa shape index (κ1) is 11.6. The lowest BCUT2D eigenvalue weighted by molar-refractivity contribution is 0.678. The molecule has 2 aromatic heterocycles. The summed E-state index contributed by atoms with van der Waals surface area (Å²) in [5.74, 6) is 0.697. The maximum Gasteiger partial charge on any atom is 0.225 e. The van der Waals surface area contributed by atoms with E-state index >= 15 is 0 Å². The van der Waals surface area contributed by atoms with Crippen molar-refractivity contribution in [1.82, 2.24) is 15.0 Å². The average molecular weight is 231 g/mol. The Morgan fingerprint density at radius 1 is 1.35 bits per heavy atom. The zero-order chi connectivity index (χ0) is 12.3. The Bertz CT molecular complexity index is 448. The van der Waals surface area contributed by atoms with Crippen molar-refractivity contribution in [2.75, 3.05) is 18.5 Å². The average Bonchev–Trinajstić information content (AvgIpc) is 2.91. The van der Waals surface area contributed by atoms with Crippen LogP contribution < -0.4 is 10.6 Å². The molecule has 0 aliphatic heterocycles. The number of hydrogen-bond donors (Lipinski definition) is 2. The van der Waals surface area contributed by atoms with Crippen molar-refractivity contribution in [3.63, 3.8) is 0 Å². The molecule has 0 fully saturated rings. The van der Waals surface area contributed by atoms with Crippen molar-refractivity contribution < 1.29 is 0 Å². The molecular formula is C12H17N5. The van der Waals surface area contributed by atoms with E-state index in [1.165, 1.54) is 0 Å². The first-order valence-electron chi connectivity index (χ1n) is 5.60. The summed E-state index contributed by atoms with van der Waals surface area (Å²) in [4.78, 5) is 13.7. The number of rotatable bonds is 4. The largest absolute Gasteiger partial charge is 0.367 e. The Balaban J connectivity index is 2.18. The van der Waals surface area contributed by atoms with E-state index in [9.17, 15) is 0 Å². The summed E-state index contributed by atoms with van der Waals surface area (Å²) in [5, 5.41) is 0. The molecule has 3 N–H and O–H groups in total. The maximum atomic E-state index is 5.62. The van der Waals surface area contributed by atoms with Crippen molar-refractivity contribution in [1.29, 1.82) is 0 Å².